The van der Waals surface area contributed by atoms with E-state index in [-0.39, 0.29) is 20.6 Å². The smallest absolute Gasteiger partial charge is 0.263 e. The molecule has 0 saturated heterocycles. The normalized spacial score (nSPS) is 12.7. The summed E-state index contributed by atoms with van der Waals surface area (Å²) in [6.07, 6.45) is 1.34. The van der Waals surface area contributed by atoms with Crippen LogP contribution in [-0.2, 0) is 32.9 Å². The third-order valence-electron chi connectivity index (χ3n) is 5.48. The largest absolute Gasteiger partial charge is 0.280 e. The Labute approximate surface area is 201 Å². The van der Waals surface area contributed by atoms with Gasteiger partial charge in [0.15, 0.2) is 0 Å². The predicted octanol–water partition coefficient (Wildman–Crippen LogP) is 4.27. The van der Waals surface area contributed by atoms with E-state index >= 15 is 0 Å². The summed E-state index contributed by atoms with van der Waals surface area (Å²) in [6, 6.07) is 18.6. The predicted molar refractivity (Wildman–Crippen MR) is 132 cm³/mol. The molecule has 0 saturated carbocycles. The molecule has 34 heavy (non-hydrogen) atoms. The quantitative estimate of drug-likeness (QED) is 0.336. The maximum Gasteiger partial charge on any atom is 0.263 e. The molecule has 4 aromatic rings. The van der Waals surface area contributed by atoms with E-state index in [0.29, 0.717) is 12.8 Å². The molecule has 0 unspecified atom stereocenters. The first-order valence-corrected chi connectivity index (χ1v) is 14.2. The number of benzene rings is 3. The number of anilines is 2. The summed E-state index contributed by atoms with van der Waals surface area (Å²) in [5, 5.41) is 8.62. The molecule has 0 spiro atoms. The maximum atomic E-state index is 13.0. The number of rotatable bonds is 7. The Balaban J connectivity index is 1.33. The third-order valence-corrected chi connectivity index (χ3v) is 9.33. The molecule has 0 atom stereocenters. The molecule has 0 aliphatic heterocycles. The molecular formula is C23H20N4O4S3. The average Bonchev–Trinajstić information content (AvgIpc) is 3.42. The van der Waals surface area contributed by atoms with E-state index in [2.05, 4.69) is 19.6 Å². The Kier molecular flexibility index (Phi) is 5.62. The Morgan fingerprint density at radius 2 is 1.47 bits per heavy atom. The van der Waals surface area contributed by atoms with Crippen molar-refractivity contribution in [3.8, 4) is 11.1 Å². The van der Waals surface area contributed by atoms with Crippen LogP contribution < -0.4 is 9.44 Å². The van der Waals surface area contributed by atoms with E-state index in [0.717, 1.165) is 33.0 Å². The number of sulfonamides is 2. The highest BCUT2D eigenvalue weighted by Gasteiger charge is 2.22. The zero-order valence-corrected chi connectivity index (χ0v) is 20.5. The lowest BCUT2D eigenvalue weighted by molar-refractivity contribution is 0.600. The van der Waals surface area contributed by atoms with Crippen molar-refractivity contribution in [3.63, 3.8) is 0 Å². The van der Waals surface area contributed by atoms with Gasteiger partial charge in [-0.25, -0.2) is 16.8 Å². The topological polar surface area (TPSA) is 118 Å². The highest BCUT2D eigenvalue weighted by Crippen LogP contribution is 2.37. The van der Waals surface area contributed by atoms with Gasteiger partial charge in [0.25, 0.3) is 20.0 Å². The van der Waals surface area contributed by atoms with Crippen molar-refractivity contribution in [1.29, 1.82) is 0 Å². The molecule has 0 amide bonds. The summed E-state index contributed by atoms with van der Waals surface area (Å²) >= 11 is 1.16. The maximum absolute atomic E-state index is 13.0. The van der Waals surface area contributed by atoms with Crippen LogP contribution in [0.1, 0.15) is 23.1 Å². The fourth-order valence-corrected chi connectivity index (χ4v) is 6.83. The van der Waals surface area contributed by atoms with Gasteiger partial charge >= 0.3 is 0 Å². The molecule has 1 aliphatic rings. The molecule has 5 rings (SSSR count). The molecule has 11 heteroatoms. The van der Waals surface area contributed by atoms with Crippen molar-refractivity contribution in [2.24, 2.45) is 0 Å². The number of aromatic nitrogens is 2. The summed E-state index contributed by atoms with van der Waals surface area (Å²) in [6.45, 7) is 1.90. The van der Waals surface area contributed by atoms with Crippen molar-refractivity contribution in [3.05, 3.63) is 82.9 Å². The van der Waals surface area contributed by atoms with Gasteiger partial charge in [-0.3, -0.25) is 9.44 Å². The standard InChI is InChI=1S/C23H20N4O4S3/c1-2-22-24-25-23(32-22)27-33(28,29)18-9-7-17(8-10-18)26-34(30,31)19-11-12-21-16(14-19)13-15-5-3-4-6-20(15)21/h3-12,14,26H,2,13H2,1H3,(H,25,27). The number of hydrogen-bond donors (Lipinski definition) is 2. The lowest BCUT2D eigenvalue weighted by Crippen LogP contribution is -2.14. The number of nitrogens with one attached hydrogen (secondary N) is 2. The van der Waals surface area contributed by atoms with Crippen LogP contribution in [0.4, 0.5) is 10.8 Å². The van der Waals surface area contributed by atoms with Gasteiger partial charge in [-0.2, -0.15) is 0 Å². The average molecular weight is 513 g/mol. The van der Waals surface area contributed by atoms with E-state index in [4.69, 9.17) is 0 Å². The van der Waals surface area contributed by atoms with Crippen LogP contribution in [0.15, 0.2) is 76.5 Å². The monoisotopic (exact) mass is 512 g/mol. The van der Waals surface area contributed by atoms with E-state index in [1.54, 1.807) is 12.1 Å². The fraction of sp³-hybridized carbons (Fsp3) is 0.130. The van der Waals surface area contributed by atoms with E-state index < -0.39 is 20.0 Å². The Bertz CT molecular complexity index is 1600. The lowest BCUT2D eigenvalue weighted by Gasteiger charge is -2.11. The van der Waals surface area contributed by atoms with Crippen LogP contribution >= 0.6 is 11.3 Å². The van der Waals surface area contributed by atoms with Gasteiger partial charge < -0.3 is 0 Å². The van der Waals surface area contributed by atoms with Gasteiger partial charge in [-0.1, -0.05) is 48.6 Å². The highest BCUT2D eigenvalue weighted by molar-refractivity contribution is 7.93. The number of nitrogens with zero attached hydrogens (tertiary/aromatic N) is 2. The molecule has 8 nitrogen and oxygen atoms in total. The first-order chi connectivity index (χ1) is 16.2. The molecule has 1 heterocycles. The van der Waals surface area contributed by atoms with Crippen LogP contribution in [0.5, 0.6) is 0 Å². The van der Waals surface area contributed by atoms with Crippen molar-refractivity contribution < 1.29 is 16.8 Å². The van der Waals surface area contributed by atoms with Gasteiger partial charge in [0.05, 0.1) is 9.79 Å². The second kappa shape index (κ2) is 8.49. The van der Waals surface area contributed by atoms with Crippen LogP contribution in [0.2, 0.25) is 0 Å². The first kappa shape index (κ1) is 22.5. The summed E-state index contributed by atoms with van der Waals surface area (Å²) < 4.78 is 56.1. The molecule has 3 aromatic carbocycles. The van der Waals surface area contributed by atoms with Crippen molar-refractivity contribution in [1.82, 2.24) is 10.2 Å². The SMILES string of the molecule is CCc1nnc(NS(=O)(=O)c2ccc(NS(=O)(=O)c3ccc4c(c3)Cc3ccccc3-4)cc2)s1. The molecule has 1 aliphatic carbocycles. The van der Waals surface area contributed by atoms with Crippen LogP contribution in [0.25, 0.3) is 11.1 Å². The third kappa shape index (κ3) is 4.29. The highest BCUT2D eigenvalue weighted by atomic mass is 32.2. The van der Waals surface area contributed by atoms with Crippen LogP contribution in [-0.4, -0.2) is 27.0 Å². The first-order valence-electron chi connectivity index (χ1n) is 10.4. The number of fused-ring (bicyclic) bond motifs is 3. The second-order valence-electron chi connectivity index (χ2n) is 7.74. The summed E-state index contributed by atoms with van der Waals surface area (Å²) in [7, 11) is -7.72. The van der Waals surface area contributed by atoms with Crippen LogP contribution in [0, 0.1) is 0 Å². The zero-order valence-electron chi connectivity index (χ0n) is 18.0. The second-order valence-corrected chi connectivity index (χ2v) is 12.2. The summed E-state index contributed by atoms with van der Waals surface area (Å²) in [5.74, 6) is 0. The molecule has 1 aromatic heterocycles. The van der Waals surface area contributed by atoms with E-state index in [9.17, 15) is 16.8 Å². The Morgan fingerprint density at radius 1 is 0.794 bits per heavy atom. The van der Waals surface area contributed by atoms with Crippen LogP contribution in [0.3, 0.4) is 0 Å². The number of hydrogen-bond acceptors (Lipinski definition) is 7. The van der Waals surface area contributed by atoms with Crippen molar-refractivity contribution in [2.75, 3.05) is 9.44 Å². The summed E-state index contributed by atoms with van der Waals surface area (Å²) in [5.41, 5.74) is 4.55. The minimum atomic E-state index is -3.87. The minimum Gasteiger partial charge on any atom is -0.280 e. The molecule has 0 radical (unpaired) electrons. The fourth-order valence-electron chi connectivity index (χ4n) is 3.82. The minimum absolute atomic E-state index is 0.0148. The van der Waals surface area contributed by atoms with Gasteiger partial charge in [0.1, 0.15) is 5.01 Å². The summed E-state index contributed by atoms with van der Waals surface area (Å²) in [4.78, 5) is 0.138. The molecule has 174 valence electrons. The van der Waals surface area contributed by atoms with Gasteiger partial charge in [-0.05, 0) is 71.5 Å². The lowest BCUT2D eigenvalue weighted by atomic mass is 10.1. The van der Waals surface area contributed by atoms with Gasteiger partial charge in [0, 0.05) is 5.69 Å². The molecular weight excluding hydrogens is 492 g/mol. The molecule has 2 N–H and O–H groups in total. The number of aryl methyl sites for hydroxylation is 1. The van der Waals surface area contributed by atoms with E-state index in [1.807, 2.05) is 37.3 Å². The Hall–Kier alpha value is -3.28. The molecule has 0 bridgehead atoms. The van der Waals surface area contributed by atoms with Gasteiger partial charge in [0.2, 0.25) is 5.13 Å². The molecule has 0 fully saturated rings. The van der Waals surface area contributed by atoms with Crippen molar-refractivity contribution >= 4 is 42.2 Å². The van der Waals surface area contributed by atoms with Crippen molar-refractivity contribution in [2.45, 2.75) is 29.6 Å². The van der Waals surface area contributed by atoms with Gasteiger partial charge in [-0.15, -0.1) is 10.2 Å². The Morgan fingerprint density at radius 3 is 2.21 bits per heavy atom. The zero-order chi connectivity index (χ0) is 23.9. The van der Waals surface area contributed by atoms with E-state index in [1.165, 1.54) is 29.8 Å².